The maximum Gasteiger partial charge on any atom is 0.435 e. The minimum atomic E-state index is -4.68. The lowest BCUT2D eigenvalue weighted by Gasteiger charge is -2.31. The zero-order valence-electron chi connectivity index (χ0n) is 25.9. The molecule has 1 saturated heterocycles. The van der Waals surface area contributed by atoms with Gasteiger partial charge < -0.3 is 20.1 Å². The number of halogens is 3. The Balaban J connectivity index is 1.33. The van der Waals surface area contributed by atoms with Crippen LogP contribution < -0.4 is 15.5 Å². The Morgan fingerprint density at radius 1 is 1.09 bits per heavy atom. The van der Waals surface area contributed by atoms with Crippen molar-refractivity contribution < 1.29 is 22.8 Å². The minimum absolute atomic E-state index is 0.0692. The molecule has 1 fully saturated rings. The lowest BCUT2D eigenvalue weighted by molar-refractivity contribution is -0.141. The lowest BCUT2D eigenvalue weighted by atomic mass is 9.87. The molecule has 0 aliphatic carbocycles. The number of carbonyl (C=O) groups is 2. The van der Waals surface area contributed by atoms with E-state index in [9.17, 15) is 22.8 Å². The summed E-state index contributed by atoms with van der Waals surface area (Å²) in [6, 6.07) is 9.03. The SMILES string of the molecule is CCc1cc(C(=O)NCC2CNC2)c2nccc(N3CCc4c(cc(Cn5ccnc5)cc4-c4cn(C)nc4C(F)(F)F)C3=O)c2c1. The predicted molar refractivity (Wildman–Crippen MR) is 170 cm³/mol. The Bertz CT molecular complexity index is 2000. The van der Waals surface area contributed by atoms with Crippen LogP contribution in [0, 0.1) is 5.92 Å². The highest BCUT2D eigenvalue weighted by molar-refractivity contribution is 6.15. The zero-order valence-corrected chi connectivity index (χ0v) is 25.9. The van der Waals surface area contributed by atoms with Gasteiger partial charge in [0.2, 0.25) is 0 Å². The molecule has 10 nitrogen and oxygen atoms in total. The Morgan fingerprint density at radius 2 is 1.89 bits per heavy atom. The van der Waals surface area contributed by atoms with Gasteiger partial charge in [0.1, 0.15) is 0 Å². The third kappa shape index (κ3) is 5.75. The van der Waals surface area contributed by atoms with Gasteiger partial charge >= 0.3 is 6.18 Å². The quantitative estimate of drug-likeness (QED) is 0.256. The normalized spacial score (nSPS) is 15.2. The topological polar surface area (TPSA) is 110 Å². The Morgan fingerprint density at radius 3 is 2.60 bits per heavy atom. The number of benzene rings is 2. The number of nitrogens with one attached hydrogen (secondary N) is 2. The molecule has 2 aromatic carbocycles. The summed E-state index contributed by atoms with van der Waals surface area (Å²) in [7, 11) is 1.45. The maximum atomic E-state index is 14.4. The number of carbonyl (C=O) groups excluding carboxylic acids is 2. The summed E-state index contributed by atoms with van der Waals surface area (Å²) in [5.74, 6) is -0.172. The van der Waals surface area contributed by atoms with E-state index in [-0.39, 0.29) is 23.9 Å². The number of amides is 2. The van der Waals surface area contributed by atoms with Gasteiger partial charge in [-0.15, -0.1) is 0 Å². The Kier molecular flexibility index (Phi) is 7.79. The average molecular weight is 643 g/mol. The lowest BCUT2D eigenvalue weighted by Crippen LogP contribution is -2.48. The van der Waals surface area contributed by atoms with Crippen molar-refractivity contribution in [3.8, 4) is 11.1 Å². The number of nitrogens with zero attached hydrogens (tertiary/aromatic N) is 6. The molecule has 3 aromatic heterocycles. The van der Waals surface area contributed by atoms with Crippen molar-refractivity contribution in [1.29, 1.82) is 0 Å². The van der Waals surface area contributed by atoms with Crippen molar-refractivity contribution in [3.05, 3.63) is 95.0 Å². The molecule has 5 heterocycles. The second-order valence-electron chi connectivity index (χ2n) is 12.1. The van der Waals surface area contributed by atoms with Crippen LogP contribution in [0.4, 0.5) is 18.9 Å². The molecule has 0 atom stereocenters. The molecule has 2 aliphatic heterocycles. The van der Waals surface area contributed by atoms with E-state index >= 15 is 0 Å². The fourth-order valence-corrected chi connectivity index (χ4v) is 6.45. The molecule has 47 heavy (non-hydrogen) atoms. The summed E-state index contributed by atoms with van der Waals surface area (Å²) < 4.78 is 45.4. The highest BCUT2D eigenvalue weighted by Gasteiger charge is 2.39. The summed E-state index contributed by atoms with van der Waals surface area (Å²) in [5, 5.41) is 10.6. The van der Waals surface area contributed by atoms with Crippen LogP contribution in [0.3, 0.4) is 0 Å². The molecule has 0 saturated carbocycles. The van der Waals surface area contributed by atoms with Gasteiger partial charge in [-0.3, -0.25) is 19.3 Å². The average Bonchev–Trinajstić information content (AvgIpc) is 3.69. The molecule has 5 aromatic rings. The Labute approximate surface area is 268 Å². The number of imidazole rings is 1. The van der Waals surface area contributed by atoms with Crippen molar-refractivity contribution in [2.75, 3.05) is 31.1 Å². The molecule has 2 aliphatic rings. The van der Waals surface area contributed by atoms with Crippen molar-refractivity contribution in [2.45, 2.75) is 32.5 Å². The molecular formula is C34H33F3N8O2. The zero-order chi connectivity index (χ0) is 32.9. The molecule has 0 bridgehead atoms. The van der Waals surface area contributed by atoms with E-state index in [1.54, 1.807) is 52.6 Å². The first-order chi connectivity index (χ1) is 22.6. The smallest absolute Gasteiger partial charge is 0.352 e. The van der Waals surface area contributed by atoms with Gasteiger partial charge in [0.05, 0.1) is 23.1 Å². The third-order valence-electron chi connectivity index (χ3n) is 8.93. The highest BCUT2D eigenvalue weighted by atomic mass is 19.4. The van der Waals surface area contributed by atoms with Crippen LogP contribution in [0.1, 0.15) is 50.0 Å². The first kappa shape index (κ1) is 30.6. The number of aromatic nitrogens is 5. The number of fused-ring (bicyclic) bond motifs is 2. The third-order valence-corrected chi connectivity index (χ3v) is 8.93. The number of pyridine rings is 1. The second kappa shape index (κ2) is 12.0. The van der Waals surface area contributed by atoms with Gasteiger partial charge in [0.25, 0.3) is 11.8 Å². The van der Waals surface area contributed by atoms with Crippen molar-refractivity contribution >= 4 is 28.4 Å². The van der Waals surface area contributed by atoms with E-state index < -0.39 is 11.9 Å². The minimum Gasteiger partial charge on any atom is -0.352 e. The first-order valence-corrected chi connectivity index (χ1v) is 15.6. The molecule has 13 heteroatoms. The van der Waals surface area contributed by atoms with E-state index in [1.807, 2.05) is 19.1 Å². The van der Waals surface area contributed by atoms with Gasteiger partial charge in [0.15, 0.2) is 5.69 Å². The number of rotatable bonds is 8. The fourth-order valence-electron chi connectivity index (χ4n) is 6.45. The molecular weight excluding hydrogens is 609 g/mol. The first-order valence-electron chi connectivity index (χ1n) is 15.6. The molecule has 7 rings (SSSR count). The Hall–Kier alpha value is -5.04. The predicted octanol–water partition coefficient (Wildman–Crippen LogP) is 4.61. The van der Waals surface area contributed by atoms with Crippen LogP contribution >= 0.6 is 0 Å². The summed E-state index contributed by atoms with van der Waals surface area (Å²) in [5.41, 5.74) is 3.23. The largest absolute Gasteiger partial charge is 0.435 e. The van der Waals surface area contributed by atoms with Gasteiger partial charge in [-0.05, 0) is 65.4 Å². The number of aryl methyl sites for hydroxylation is 2. The summed E-state index contributed by atoms with van der Waals surface area (Å²) in [4.78, 5) is 38.1. The van der Waals surface area contributed by atoms with Crippen molar-refractivity contribution in [1.82, 2.24) is 34.9 Å². The van der Waals surface area contributed by atoms with Crippen molar-refractivity contribution in [2.24, 2.45) is 13.0 Å². The standard InChI is InChI=1S/C34H33F3N8O2/c1-3-20-10-26-29(4-6-40-30(26)27(11-20)32(46)41-16-22-14-39-15-22)45-8-5-23-24(28-18-43(2)42-31(28)34(35,36)37)12-21(13-25(23)33(45)47)17-44-9-7-38-19-44/h4,6-7,9-13,18-19,22,39H,3,5,8,14-17H2,1-2H3,(H,41,46). The van der Waals surface area contributed by atoms with Gasteiger partial charge in [-0.1, -0.05) is 6.92 Å². The highest BCUT2D eigenvalue weighted by Crippen LogP contribution is 2.41. The molecule has 0 radical (unpaired) electrons. The van der Waals surface area contributed by atoms with Gasteiger partial charge in [0, 0.05) is 87.0 Å². The van der Waals surface area contributed by atoms with E-state index in [4.69, 9.17) is 0 Å². The molecule has 0 unspecified atom stereocenters. The number of anilines is 1. The number of hydrogen-bond donors (Lipinski definition) is 2. The van der Waals surface area contributed by atoms with E-state index in [0.717, 1.165) is 23.3 Å². The van der Waals surface area contributed by atoms with Crippen LogP contribution in [0.2, 0.25) is 0 Å². The summed E-state index contributed by atoms with van der Waals surface area (Å²) >= 11 is 0. The summed E-state index contributed by atoms with van der Waals surface area (Å²) in [6.45, 7) is 4.82. The van der Waals surface area contributed by atoms with Crippen molar-refractivity contribution in [3.63, 3.8) is 0 Å². The fraction of sp³-hybridized carbons (Fsp3) is 0.324. The molecule has 242 valence electrons. The maximum absolute atomic E-state index is 14.4. The van der Waals surface area contributed by atoms with Crippen LogP contribution in [-0.2, 0) is 32.6 Å². The molecule has 2 N–H and O–H groups in total. The van der Waals surface area contributed by atoms with Crippen LogP contribution in [0.15, 0.2) is 61.4 Å². The van der Waals surface area contributed by atoms with E-state index in [0.29, 0.717) is 76.3 Å². The van der Waals surface area contributed by atoms with E-state index in [2.05, 4.69) is 25.7 Å². The monoisotopic (exact) mass is 642 g/mol. The number of hydrogen-bond acceptors (Lipinski definition) is 6. The number of alkyl halides is 3. The van der Waals surface area contributed by atoms with Crippen LogP contribution in [0.25, 0.3) is 22.0 Å². The molecule has 0 spiro atoms. The van der Waals surface area contributed by atoms with E-state index in [1.165, 1.54) is 13.2 Å². The van der Waals surface area contributed by atoms with Crippen LogP contribution in [-0.4, -0.2) is 62.3 Å². The summed E-state index contributed by atoms with van der Waals surface area (Å²) in [6.07, 6.45) is 4.23. The van der Waals surface area contributed by atoms with Gasteiger partial charge in [-0.2, -0.15) is 18.3 Å². The van der Waals surface area contributed by atoms with Gasteiger partial charge in [-0.25, -0.2) is 4.98 Å². The molecule has 2 amide bonds. The van der Waals surface area contributed by atoms with Crippen LogP contribution in [0.5, 0.6) is 0 Å². The second-order valence-corrected chi connectivity index (χ2v) is 12.1.